The molecule has 186 valence electrons. The molecule has 1 atom stereocenters. The Labute approximate surface area is 215 Å². The molecule has 9 heteroatoms. The van der Waals surface area contributed by atoms with Crippen LogP contribution < -0.4 is 10.5 Å². The summed E-state index contributed by atoms with van der Waals surface area (Å²) in [7, 11) is -4.72. The molecule has 0 bridgehead atoms. The van der Waals surface area contributed by atoms with Crippen LogP contribution in [0.4, 0.5) is 0 Å². The van der Waals surface area contributed by atoms with Crippen molar-refractivity contribution in [3.8, 4) is 5.75 Å². The lowest BCUT2D eigenvalue weighted by molar-refractivity contribution is 0.219. The van der Waals surface area contributed by atoms with Gasteiger partial charge in [-0.2, -0.15) is 0 Å². The van der Waals surface area contributed by atoms with E-state index in [1.54, 1.807) is 18.2 Å². The van der Waals surface area contributed by atoms with Crippen LogP contribution in [-0.4, -0.2) is 27.0 Å². The van der Waals surface area contributed by atoms with Crippen LogP contribution in [0.2, 0.25) is 5.02 Å². The molecule has 0 radical (unpaired) electrons. The molecule has 6 nitrogen and oxygen atoms in total. The fourth-order valence-corrected chi connectivity index (χ4v) is 5.78. The number of rotatable bonds is 11. The van der Waals surface area contributed by atoms with Crippen LogP contribution in [0.25, 0.3) is 5.31 Å². The fraction of sp³-hybridized carbons (Fsp3) is 0.231. The Balaban J connectivity index is 1.81. The quantitative estimate of drug-likeness (QED) is 0.221. The van der Waals surface area contributed by atoms with E-state index >= 15 is 0 Å². The maximum absolute atomic E-state index is 12.3. The molecule has 0 amide bonds. The number of hydrogen-bond donors (Lipinski definition) is 4. The molecule has 0 saturated carbocycles. The van der Waals surface area contributed by atoms with Gasteiger partial charge < -0.3 is 25.4 Å². The monoisotopic (exact) mass is 533 g/mol. The van der Waals surface area contributed by atoms with Crippen LogP contribution in [0.1, 0.15) is 30.9 Å². The summed E-state index contributed by atoms with van der Waals surface area (Å²) < 4.78 is 18.2. The predicted octanol–water partition coefficient (Wildman–Crippen LogP) is 6.08. The molecule has 0 aromatic heterocycles. The lowest BCUT2D eigenvalue weighted by atomic mass is 9.94. The van der Waals surface area contributed by atoms with Gasteiger partial charge in [-0.25, -0.2) is 0 Å². The van der Waals surface area contributed by atoms with Crippen molar-refractivity contribution < 1.29 is 24.2 Å². The lowest BCUT2D eigenvalue weighted by Crippen LogP contribution is -2.41. The molecule has 5 N–H and O–H groups in total. The van der Waals surface area contributed by atoms with Crippen molar-refractivity contribution in [2.75, 3.05) is 6.61 Å². The second kappa shape index (κ2) is 12.2. The molecule has 3 rings (SSSR count). The number of benzene rings is 3. The van der Waals surface area contributed by atoms with Crippen molar-refractivity contribution in [1.29, 1.82) is 0 Å². The topological polar surface area (TPSA) is 113 Å². The Morgan fingerprint density at radius 1 is 1.09 bits per heavy atom. The van der Waals surface area contributed by atoms with Crippen molar-refractivity contribution >= 4 is 36.3 Å². The molecule has 0 fully saturated rings. The fourth-order valence-electron chi connectivity index (χ4n) is 3.52. The number of ether oxygens (including phenoxy) is 1. The number of aliphatic hydroxyl groups is 1. The van der Waals surface area contributed by atoms with Crippen molar-refractivity contribution in [2.45, 2.75) is 41.7 Å². The zero-order valence-electron chi connectivity index (χ0n) is 19.3. The molecule has 3 aromatic carbocycles. The van der Waals surface area contributed by atoms with Gasteiger partial charge in [-0.3, -0.25) is 4.57 Å². The lowest BCUT2D eigenvalue weighted by Gasteiger charge is -2.25. The van der Waals surface area contributed by atoms with E-state index in [1.165, 1.54) is 17.8 Å². The van der Waals surface area contributed by atoms with Crippen LogP contribution in [0.3, 0.4) is 0 Å². The van der Waals surface area contributed by atoms with Gasteiger partial charge in [-0.05, 0) is 48.4 Å². The summed E-state index contributed by atoms with van der Waals surface area (Å²) in [6.45, 7) is 1.89. The molecule has 0 aliphatic heterocycles. The van der Waals surface area contributed by atoms with Gasteiger partial charge in [-0.15, -0.1) is 0 Å². The average Bonchev–Trinajstić information content (AvgIpc) is 2.82. The first-order valence-corrected chi connectivity index (χ1v) is 13.9. The first kappa shape index (κ1) is 27.5. The first-order valence-electron chi connectivity index (χ1n) is 11.1. The van der Waals surface area contributed by atoms with E-state index in [-0.39, 0.29) is 15.9 Å². The third-order valence-corrected chi connectivity index (χ3v) is 7.54. The minimum absolute atomic E-state index is 0.179. The van der Waals surface area contributed by atoms with E-state index in [1.807, 2.05) is 61.5 Å². The van der Waals surface area contributed by atoms with Gasteiger partial charge in [0.1, 0.15) is 12.4 Å². The second-order valence-corrected chi connectivity index (χ2v) is 11.3. The van der Waals surface area contributed by atoms with Crippen LogP contribution in [0, 0.1) is 0 Å². The Morgan fingerprint density at radius 2 is 1.80 bits per heavy atom. The van der Waals surface area contributed by atoms with Crippen LogP contribution in [-0.2, 0) is 11.2 Å². The van der Waals surface area contributed by atoms with Crippen molar-refractivity contribution in [2.24, 2.45) is 5.73 Å². The minimum Gasteiger partial charge on any atom is -0.489 e. The summed E-state index contributed by atoms with van der Waals surface area (Å²) in [4.78, 5) is 21.7. The molecule has 1 unspecified atom stereocenters. The first-order chi connectivity index (χ1) is 16.6. The predicted molar refractivity (Wildman–Crippen MR) is 142 cm³/mol. The number of nitrogens with two attached hydrogens (primary N) is 1. The zero-order valence-corrected chi connectivity index (χ0v) is 21.8. The average molecular weight is 534 g/mol. The van der Waals surface area contributed by atoms with Gasteiger partial charge in [0.2, 0.25) is 0 Å². The van der Waals surface area contributed by atoms with Crippen LogP contribution >= 0.6 is 31.0 Å². The zero-order chi connectivity index (χ0) is 25.5. The maximum atomic E-state index is 12.3. The van der Waals surface area contributed by atoms with E-state index in [0.29, 0.717) is 19.4 Å². The van der Waals surface area contributed by atoms with Crippen molar-refractivity contribution in [1.82, 2.24) is 0 Å². The van der Waals surface area contributed by atoms with Gasteiger partial charge in [-0.1, -0.05) is 79.2 Å². The molecule has 35 heavy (non-hydrogen) atoms. The van der Waals surface area contributed by atoms with E-state index < -0.39 is 19.7 Å². The minimum atomic E-state index is -4.72. The van der Waals surface area contributed by atoms with Gasteiger partial charge in [0.25, 0.3) is 0 Å². The van der Waals surface area contributed by atoms with Gasteiger partial charge in [0.05, 0.1) is 17.5 Å². The van der Waals surface area contributed by atoms with E-state index in [2.05, 4.69) is 0 Å². The highest BCUT2D eigenvalue weighted by Gasteiger charge is 2.30. The third kappa shape index (κ3) is 7.95. The highest BCUT2D eigenvalue weighted by Crippen LogP contribution is 2.53. The Hall–Kier alpha value is -2.09. The second-order valence-electron chi connectivity index (χ2n) is 8.21. The Bertz CT molecular complexity index is 1220. The molecule has 0 aliphatic rings. The summed E-state index contributed by atoms with van der Waals surface area (Å²) in [6, 6.07) is 22.5. The maximum Gasteiger partial charge on any atom is 0.356 e. The van der Waals surface area contributed by atoms with Gasteiger partial charge in [0, 0.05) is 20.4 Å². The molecule has 0 saturated heterocycles. The van der Waals surface area contributed by atoms with Gasteiger partial charge in [0.15, 0.2) is 0 Å². The van der Waals surface area contributed by atoms with Crippen molar-refractivity contribution in [3.63, 3.8) is 0 Å². The van der Waals surface area contributed by atoms with Crippen LogP contribution in [0.15, 0.2) is 88.7 Å². The Kier molecular flexibility index (Phi) is 9.62. The number of hydrogen-bond acceptors (Lipinski definition) is 5. The summed E-state index contributed by atoms with van der Waals surface area (Å²) in [5.41, 5.74) is 6.17. The smallest absolute Gasteiger partial charge is 0.356 e. The van der Waals surface area contributed by atoms with E-state index in [4.69, 9.17) is 22.1 Å². The highest BCUT2D eigenvalue weighted by atomic mass is 35.5. The third-order valence-electron chi connectivity index (χ3n) is 5.25. The molecular weight excluding hydrogens is 505 g/mol. The summed E-state index contributed by atoms with van der Waals surface area (Å²) >= 11 is 7.92. The SMILES string of the molecule is CCCC(N)(C=C(c1ccc(Sc2cccc(OCc3ccccc3)c2)cc1Cl)P(=O)(O)O)CO. The summed E-state index contributed by atoms with van der Waals surface area (Å²) in [5.74, 6) is 0.729. The summed E-state index contributed by atoms with van der Waals surface area (Å²) in [5, 5.41) is 9.60. The standard InChI is InChI=1S/C26H29ClNO5PS/c1-2-13-26(28,18-29)16-25(34(30,31)32)23-12-11-22(15-24(23)27)35-21-10-6-9-20(14-21)33-17-19-7-4-3-5-8-19/h3-12,14-16,29H,2,13,17-18,28H2,1H3,(H2,30,31,32). The van der Waals surface area contributed by atoms with Crippen molar-refractivity contribution in [3.05, 3.63) is 95.0 Å². The molecule has 0 heterocycles. The van der Waals surface area contributed by atoms with Gasteiger partial charge >= 0.3 is 7.60 Å². The normalized spacial score (nSPS) is 13.9. The van der Waals surface area contributed by atoms with E-state index in [0.717, 1.165) is 21.1 Å². The highest BCUT2D eigenvalue weighted by molar-refractivity contribution is 7.99. The van der Waals surface area contributed by atoms with Crippen LogP contribution in [0.5, 0.6) is 5.75 Å². The van der Waals surface area contributed by atoms with E-state index in [9.17, 15) is 19.5 Å². The molecule has 3 aromatic rings. The molecular formula is C26H29ClNO5PS. The molecule has 0 aliphatic carbocycles. The molecule has 0 spiro atoms. The summed E-state index contributed by atoms with van der Waals surface area (Å²) in [6.07, 6.45) is 2.25. The number of aliphatic hydroxyl groups excluding tert-OH is 1. The Morgan fingerprint density at radius 3 is 2.43 bits per heavy atom. The largest absolute Gasteiger partial charge is 0.489 e. The number of halogens is 1.